The Morgan fingerprint density at radius 1 is 1.16 bits per heavy atom. The summed E-state index contributed by atoms with van der Waals surface area (Å²) in [6.45, 7) is -2.09. The number of hydrogen-bond acceptors (Lipinski definition) is 6. The SMILES string of the molecule is COc1ccc(CCNC(=O)CCCn2nnc(-c3ccccc3)n2)cc1OC(F)F. The second-order valence-corrected chi connectivity index (χ2v) is 6.64. The molecule has 0 saturated heterocycles. The van der Waals surface area contributed by atoms with E-state index < -0.39 is 6.61 Å². The number of amides is 1. The average Bonchev–Trinajstić information content (AvgIpc) is 3.23. The topological polar surface area (TPSA) is 91.2 Å². The molecule has 2 aromatic carbocycles. The van der Waals surface area contributed by atoms with Gasteiger partial charge in [0.15, 0.2) is 11.5 Å². The number of benzene rings is 2. The van der Waals surface area contributed by atoms with Crippen LogP contribution in [0.5, 0.6) is 11.5 Å². The first-order chi connectivity index (χ1) is 15.0. The van der Waals surface area contributed by atoms with E-state index in [9.17, 15) is 13.6 Å². The van der Waals surface area contributed by atoms with Gasteiger partial charge in [0.2, 0.25) is 11.7 Å². The number of alkyl halides is 2. The number of carbonyl (C=O) groups excluding carboxylic acids is 1. The molecule has 3 aromatic rings. The highest BCUT2D eigenvalue weighted by Gasteiger charge is 2.12. The molecule has 0 bridgehead atoms. The van der Waals surface area contributed by atoms with Gasteiger partial charge in [0.05, 0.1) is 13.7 Å². The third-order valence-electron chi connectivity index (χ3n) is 4.43. The Bertz CT molecular complexity index is 982. The van der Waals surface area contributed by atoms with Crippen molar-refractivity contribution in [2.75, 3.05) is 13.7 Å². The number of hydrogen-bond donors (Lipinski definition) is 1. The molecule has 0 spiro atoms. The number of methoxy groups -OCH3 is 1. The van der Waals surface area contributed by atoms with E-state index in [1.165, 1.54) is 18.0 Å². The Labute approximate surface area is 178 Å². The third kappa shape index (κ3) is 6.73. The molecule has 1 aromatic heterocycles. The van der Waals surface area contributed by atoms with Crippen LogP contribution in [0.2, 0.25) is 0 Å². The van der Waals surface area contributed by atoms with Gasteiger partial charge in [-0.25, -0.2) is 0 Å². The summed E-state index contributed by atoms with van der Waals surface area (Å²) in [7, 11) is 1.38. The minimum atomic E-state index is -2.94. The van der Waals surface area contributed by atoms with Crippen LogP contribution in [0, 0.1) is 0 Å². The van der Waals surface area contributed by atoms with E-state index >= 15 is 0 Å². The van der Waals surface area contributed by atoms with Gasteiger partial charge in [-0.3, -0.25) is 4.79 Å². The van der Waals surface area contributed by atoms with Gasteiger partial charge in [0.1, 0.15) is 0 Å². The molecule has 0 fully saturated rings. The molecule has 0 aliphatic heterocycles. The molecule has 0 unspecified atom stereocenters. The van der Waals surface area contributed by atoms with E-state index in [0.717, 1.165) is 11.1 Å². The van der Waals surface area contributed by atoms with Gasteiger partial charge in [0.25, 0.3) is 0 Å². The lowest BCUT2D eigenvalue weighted by Crippen LogP contribution is -2.25. The lowest BCUT2D eigenvalue weighted by molar-refractivity contribution is -0.121. The van der Waals surface area contributed by atoms with Crippen LogP contribution in [0.4, 0.5) is 8.78 Å². The zero-order valence-corrected chi connectivity index (χ0v) is 17.0. The number of nitrogens with one attached hydrogen (secondary N) is 1. The summed E-state index contributed by atoms with van der Waals surface area (Å²) in [5.41, 5.74) is 1.63. The van der Waals surface area contributed by atoms with Gasteiger partial charge >= 0.3 is 6.61 Å². The summed E-state index contributed by atoms with van der Waals surface area (Å²) in [5, 5.41) is 15.1. The fourth-order valence-corrected chi connectivity index (χ4v) is 2.92. The van der Waals surface area contributed by atoms with Crippen molar-refractivity contribution in [1.82, 2.24) is 25.5 Å². The van der Waals surface area contributed by atoms with Crippen molar-refractivity contribution < 1.29 is 23.0 Å². The molecule has 0 saturated carbocycles. The summed E-state index contributed by atoms with van der Waals surface area (Å²) in [4.78, 5) is 13.5. The number of ether oxygens (including phenoxy) is 2. The molecule has 0 atom stereocenters. The first-order valence-electron chi connectivity index (χ1n) is 9.77. The van der Waals surface area contributed by atoms with E-state index in [2.05, 4.69) is 25.5 Å². The number of nitrogens with zero attached hydrogens (tertiary/aromatic N) is 4. The van der Waals surface area contributed by atoms with Crippen molar-refractivity contribution >= 4 is 5.91 Å². The van der Waals surface area contributed by atoms with Crippen molar-refractivity contribution in [3.63, 3.8) is 0 Å². The molecule has 164 valence electrons. The molecule has 1 heterocycles. The minimum absolute atomic E-state index is 0.0310. The number of tetrazole rings is 1. The molecular formula is C21H23F2N5O3. The number of aryl methyl sites for hydroxylation is 1. The summed E-state index contributed by atoms with van der Waals surface area (Å²) in [6.07, 6.45) is 1.34. The van der Waals surface area contributed by atoms with Crippen LogP contribution >= 0.6 is 0 Å². The molecule has 0 aliphatic carbocycles. The van der Waals surface area contributed by atoms with Crippen molar-refractivity contribution in [2.24, 2.45) is 0 Å². The summed E-state index contributed by atoms with van der Waals surface area (Å²) >= 11 is 0. The highest BCUT2D eigenvalue weighted by atomic mass is 19.3. The highest BCUT2D eigenvalue weighted by Crippen LogP contribution is 2.29. The average molecular weight is 431 g/mol. The smallest absolute Gasteiger partial charge is 0.387 e. The lowest BCUT2D eigenvalue weighted by Gasteiger charge is -2.12. The van der Waals surface area contributed by atoms with Crippen LogP contribution in [0.1, 0.15) is 18.4 Å². The maximum absolute atomic E-state index is 12.5. The number of halogens is 2. The van der Waals surface area contributed by atoms with Crippen molar-refractivity contribution in [3.8, 4) is 22.9 Å². The number of aromatic nitrogens is 4. The van der Waals surface area contributed by atoms with Crippen LogP contribution in [-0.4, -0.2) is 46.4 Å². The van der Waals surface area contributed by atoms with E-state index in [4.69, 9.17) is 4.74 Å². The fraction of sp³-hybridized carbons (Fsp3) is 0.333. The Morgan fingerprint density at radius 3 is 2.71 bits per heavy atom. The molecular weight excluding hydrogens is 408 g/mol. The maximum atomic E-state index is 12.5. The van der Waals surface area contributed by atoms with Crippen molar-refractivity contribution in [2.45, 2.75) is 32.4 Å². The second-order valence-electron chi connectivity index (χ2n) is 6.64. The normalized spacial score (nSPS) is 10.8. The molecule has 1 N–H and O–H groups in total. The van der Waals surface area contributed by atoms with Crippen LogP contribution in [-0.2, 0) is 17.8 Å². The minimum Gasteiger partial charge on any atom is -0.493 e. The highest BCUT2D eigenvalue weighted by molar-refractivity contribution is 5.75. The predicted molar refractivity (Wildman–Crippen MR) is 109 cm³/mol. The van der Waals surface area contributed by atoms with Gasteiger partial charge in [0, 0.05) is 18.5 Å². The Morgan fingerprint density at radius 2 is 1.97 bits per heavy atom. The van der Waals surface area contributed by atoms with Gasteiger partial charge in [-0.1, -0.05) is 36.4 Å². The van der Waals surface area contributed by atoms with Gasteiger partial charge in [-0.15, -0.1) is 10.2 Å². The van der Waals surface area contributed by atoms with Crippen LogP contribution < -0.4 is 14.8 Å². The monoisotopic (exact) mass is 431 g/mol. The molecule has 31 heavy (non-hydrogen) atoms. The first-order valence-corrected chi connectivity index (χ1v) is 9.77. The van der Waals surface area contributed by atoms with E-state index in [-0.39, 0.29) is 17.4 Å². The standard InChI is InChI=1S/C21H23F2N5O3/c1-30-17-10-9-15(14-18(17)31-21(22)23)11-12-24-19(29)8-5-13-28-26-20(25-27-28)16-6-3-2-4-7-16/h2-4,6-7,9-10,14,21H,5,8,11-13H2,1H3,(H,24,29). The second kappa shape index (κ2) is 11.0. The largest absolute Gasteiger partial charge is 0.493 e. The van der Waals surface area contributed by atoms with Crippen LogP contribution in [0.3, 0.4) is 0 Å². The Kier molecular flexibility index (Phi) is 7.85. The Hall–Kier alpha value is -3.56. The molecule has 3 rings (SSSR count). The van der Waals surface area contributed by atoms with Crippen molar-refractivity contribution in [1.29, 1.82) is 0 Å². The zero-order chi connectivity index (χ0) is 22.1. The summed E-state index contributed by atoms with van der Waals surface area (Å²) < 4.78 is 34.5. The van der Waals surface area contributed by atoms with Crippen LogP contribution in [0.25, 0.3) is 11.4 Å². The quantitative estimate of drug-likeness (QED) is 0.502. The zero-order valence-electron chi connectivity index (χ0n) is 17.0. The van der Waals surface area contributed by atoms with Gasteiger partial charge in [-0.05, 0) is 35.8 Å². The molecule has 8 nitrogen and oxygen atoms in total. The molecule has 1 amide bonds. The summed E-state index contributed by atoms with van der Waals surface area (Å²) in [6, 6.07) is 14.3. The van der Waals surface area contributed by atoms with E-state index in [1.807, 2.05) is 30.3 Å². The maximum Gasteiger partial charge on any atom is 0.387 e. The first kappa shape index (κ1) is 22.1. The predicted octanol–water partition coefficient (Wildman–Crippen LogP) is 3.09. The fourth-order valence-electron chi connectivity index (χ4n) is 2.92. The van der Waals surface area contributed by atoms with Crippen LogP contribution in [0.15, 0.2) is 48.5 Å². The lowest BCUT2D eigenvalue weighted by atomic mass is 10.1. The van der Waals surface area contributed by atoms with Gasteiger partial charge < -0.3 is 14.8 Å². The summed E-state index contributed by atoms with van der Waals surface area (Å²) in [5.74, 6) is 0.627. The third-order valence-corrected chi connectivity index (χ3v) is 4.43. The Balaban J connectivity index is 1.39. The van der Waals surface area contributed by atoms with E-state index in [1.54, 1.807) is 12.1 Å². The number of carbonyl (C=O) groups is 1. The molecule has 0 radical (unpaired) electrons. The van der Waals surface area contributed by atoms with Gasteiger partial charge in [-0.2, -0.15) is 13.6 Å². The van der Waals surface area contributed by atoms with E-state index in [0.29, 0.717) is 38.2 Å². The van der Waals surface area contributed by atoms with Crippen molar-refractivity contribution in [3.05, 3.63) is 54.1 Å². The molecule has 10 heteroatoms. The number of rotatable bonds is 11. The molecule has 0 aliphatic rings.